The lowest BCUT2D eigenvalue weighted by Gasteiger charge is -2.41. The monoisotopic (exact) mass is 435 g/mol. The molecule has 1 aliphatic rings. The number of aromatic nitrogens is 3. The van der Waals surface area contributed by atoms with Gasteiger partial charge in [-0.05, 0) is 61.4 Å². The van der Waals surface area contributed by atoms with Gasteiger partial charge in [0.15, 0.2) is 0 Å². The Morgan fingerprint density at radius 1 is 1.28 bits per heavy atom. The highest BCUT2D eigenvalue weighted by atomic mass is 16.5. The Hall–Kier alpha value is -3.18. The number of nitrogens with one attached hydrogen (secondary N) is 1. The maximum absolute atomic E-state index is 10.2. The van der Waals surface area contributed by atoms with Crippen molar-refractivity contribution < 1.29 is 14.3 Å². The zero-order chi connectivity index (χ0) is 23.1. The predicted octanol–water partition coefficient (Wildman–Crippen LogP) is 4.51. The summed E-state index contributed by atoms with van der Waals surface area (Å²) in [6.45, 7) is 11.1. The fourth-order valence-corrected chi connectivity index (χ4v) is 4.21. The van der Waals surface area contributed by atoms with E-state index >= 15 is 0 Å². The molecule has 0 unspecified atom stereocenters. The van der Waals surface area contributed by atoms with Crippen molar-refractivity contribution in [2.24, 2.45) is 0 Å². The van der Waals surface area contributed by atoms with Gasteiger partial charge in [0.2, 0.25) is 0 Å². The van der Waals surface area contributed by atoms with Gasteiger partial charge in [0, 0.05) is 11.4 Å². The largest absolute Gasteiger partial charge is 0.494 e. The highest BCUT2D eigenvalue weighted by molar-refractivity contribution is 5.89. The van der Waals surface area contributed by atoms with Crippen LogP contribution in [0, 0.1) is 18.3 Å². The van der Waals surface area contributed by atoms with Crippen molar-refractivity contribution in [1.29, 1.82) is 5.26 Å². The lowest BCUT2D eigenvalue weighted by Crippen LogP contribution is -2.50. The topological polar surface area (TPSA) is 117 Å². The summed E-state index contributed by atoms with van der Waals surface area (Å²) in [5.41, 5.74) is 2.59. The first-order valence-electron chi connectivity index (χ1n) is 10.9. The Labute approximate surface area is 187 Å². The van der Waals surface area contributed by atoms with E-state index in [4.69, 9.17) is 19.4 Å². The van der Waals surface area contributed by atoms with Crippen LogP contribution in [0.25, 0.3) is 22.5 Å². The number of hydrogen-bond acceptors (Lipinski definition) is 8. The number of nitrogens with zero attached hydrogens (tertiary/aromatic N) is 4. The molecule has 8 heteroatoms. The van der Waals surface area contributed by atoms with Crippen molar-refractivity contribution >= 4 is 16.9 Å². The number of anilines is 1. The van der Waals surface area contributed by atoms with Crippen LogP contribution in [0.15, 0.2) is 22.6 Å². The molecule has 0 bridgehead atoms. The third kappa shape index (κ3) is 4.26. The molecule has 2 heterocycles. The van der Waals surface area contributed by atoms with E-state index in [1.165, 1.54) is 0 Å². The SMILES string of the molecule is CCOc1cc(C(C)(C)C)c2nc(-c3nnc(N[C@H]4C[C@@](O)(CC#N)C4)o3)cc(C)c2c1. The van der Waals surface area contributed by atoms with E-state index in [2.05, 4.69) is 42.4 Å². The third-order valence-electron chi connectivity index (χ3n) is 5.85. The summed E-state index contributed by atoms with van der Waals surface area (Å²) in [6.07, 6.45) is 1.08. The quantitative estimate of drug-likeness (QED) is 0.581. The summed E-state index contributed by atoms with van der Waals surface area (Å²) < 4.78 is 11.6. The fourth-order valence-electron chi connectivity index (χ4n) is 4.21. The van der Waals surface area contributed by atoms with E-state index in [0.717, 1.165) is 27.8 Å². The van der Waals surface area contributed by atoms with E-state index in [-0.39, 0.29) is 23.9 Å². The first-order chi connectivity index (χ1) is 15.1. The summed E-state index contributed by atoms with van der Waals surface area (Å²) in [4.78, 5) is 4.89. The molecule has 3 aromatic rings. The van der Waals surface area contributed by atoms with Gasteiger partial charge in [-0.2, -0.15) is 5.26 Å². The molecule has 1 aromatic carbocycles. The molecule has 1 aliphatic carbocycles. The van der Waals surface area contributed by atoms with Gasteiger partial charge >= 0.3 is 6.01 Å². The number of aryl methyl sites for hydroxylation is 1. The lowest BCUT2D eigenvalue weighted by molar-refractivity contribution is -0.0371. The highest BCUT2D eigenvalue weighted by Gasteiger charge is 2.43. The minimum absolute atomic E-state index is 0.00238. The van der Waals surface area contributed by atoms with Crippen molar-refractivity contribution in [3.63, 3.8) is 0 Å². The van der Waals surface area contributed by atoms with Gasteiger partial charge in [0.05, 0.1) is 30.2 Å². The molecular weight excluding hydrogens is 406 g/mol. The van der Waals surface area contributed by atoms with Crippen LogP contribution < -0.4 is 10.1 Å². The third-order valence-corrected chi connectivity index (χ3v) is 5.85. The lowest BCUT2D eigenvalue weighted by atomic mass is 9.74. The van der Waals surface area contributed by atoms with Crippen molar-refractivity contribution in [3.05, 3.63) is 29.3 Å². The molecule has 168 valence electrons. The molecule has 1 saturated carbocycles. The number of aliphatic hydroxyl groups is 1. The maximum atomic E-state index is 10.2. The van der Waals surface area contributed by atoms with Crippen LogP contribution in [0.3, 0.4) is 0 Å². The highest BCUT2D eigenvalue weighted by Crippen LogP contribution is 2.38. The van der Waals surface area contributed by atoms with Gasteiger partial charge in [-0.3, -0.25) is 0 Å². The predicted molar refractivity (Wildman–Crippen MR) is 121 cm³/mol. The molecular formula is C24H29N5O3. The summed E-state index contributed by atoms with van der Waals surface area (Å²) in [7, 11) is 0. The number of fused-ring (bicyclic) bond motifs is 1. The molecule has 0 saturated heterocycles. The standard InChI is InChI=1S/C24H29N5O3/c1-6-31-16-10-17-14(2)9-19(27-20(17)18(11-16)23(3,4)5)21-28-29-22(32-21)26-15-12-24(30,13-15)7-8-25/h9-11,15,30H,6-7,12-13H2,1-5H3,(H,26,29)/t15-,24-. The van der Waals surface area contributed by atoms with Crippen molar-refractivity contribution in [2.45, 2.75) is 70.9 Å². The molecule has 0 radical (unpaired) electrons. The number of pyridine rings is 1. The van der Waals surface area contributed by atoms with Gasteiger partial charge in [0.1, 0.15) is 11.4 Å². The fraction of sp³-hybridized carbons (Fsp3) is 0.500. The normalized spacial score (nSPS) is 20.6. The maximum Gasteiger partial charge on any atom is 0.316 e. The minimum Gasteiger partial charge on any atom is -0.494 e. The molecule has 4 rings (SSSR count). The number of rotatable bonds is 6. The molecule has 0 atom stereocenters. The van der Waals surface area contributed by atoms with E-state index in [0.29, 0.717) is 31.0 Å². The number of ether oxygens (including phenoxy) is 1. The molecule has 1 fully saturated rings. The zero-order valence-corrected chi connectivity index (χ0v) is 19.2. The van der Waals surface area contributed by atoms with Crippen LogP contribution in [-0.2, 0) is 5.41 Å². The minimum atomic E-state index is -0.921. The average Bonchev–Trinajstić information content (AvgIpc) is 3.15. The Morgan fingerprint density at radius 3 is 2.69 bits per heavy atom. The van der Waals surface area contributed by atoms with Crippen molar-refractivity contribution in [2.75, 3.05) is 11.9 Å². The second-order valence-electron chi connectivity index (χ2n) is 9.60. The van der Waals surface area contributed by atoms with Gasteiger partial charge < -0.3 is 19.6 Å². The second kappa shape index (κ2) is 8.06. The van der Waals surface area contributed by atoms with Gasteiger partial charge in [-0.25, -0.2) is 4.98 Å². The van der Waals surface area contributed by atoms with Gasteiger partial charge in [-0.1, -0.05) is 25.9 Å². The Morgan fingerprint density at radius 2 is 2.03 bits per heavy atom. The van der Waals surface area contributed by atoms with Crippen molar-refractivity contribution in [1.82, 2.24) is 15.2 Å². The Bertz CT molecular complexity index is 1180. The van der Waals surface area contributed by atoms with E-state index < -0.39 is 5.60 Å². The number of hydrogen-bond donors (Lipinski definition) is 2. The summed E-state index contributed by atoms with van der Waals surface area (Å²) >= 11 is 0. The van der Waals surface area contributed by atoms with Crippen molar-refractivity contribution in [3.8, 4) is 23.4 Å². The first-order valence-corrected chi connectivity index (χ1v) is 10.9. The van der Waals surface area contributed by atoms with Crippen LogP contribution >= 0.6 is 0 Å². The van der Waals surface area contributed by atoms with Crippen LogP contribution in [0.2, 0.25) is 0 Å². The summed E-state index contributed by atoms with van der Waals surface area (Å²) in [6, 6.07) is 8.33. The molecule has 0 spiro atoms. The summed E-state index contributed by atoms with van der Waals surface area (Å²) in [5, 5.41) is 31.4. The molecule has 2 aromatic heterocycles. The number of nitriles is 1. The van der Waals surface area contributed by atoms with Crippen LogP contribution in [-0.4, -0.2) is 38.5 Å². The van der Waals surface area contributed by atoms with Crippen LogP contribution in [0.1, 0.15) is 58.1 Å². The van der Waals surface area contributed by atoms with Gasteiger partial charge in [0.25, 0.3) is 5.89 Å². The zero-order valence-electron chi connectivity index (χ0n) is 19.2. The summed E-state index contributed by atoms with van der Waals surface area (Å²) in [5.74, 6) is 1.17. The Kier molecular flexibility index (Phi) is 5.55. The average molecular weight is 436 g/mol. The molecule has 0 aliphatic heterocycles. The molecule has 8 nitrogen and oxygen atoms in total. The van der Waals surface area contributed by atoms with E-state index in [1.54, 1.807) is 0 Å². The molecule has 2 N–H and O–H groups in total. The first kappa shape index (κ1) is 22.0. The van der Waals surface area contributed by atoms with E-state index in [1.807, 2.05) is 32.0 Å². The number of benzene rings is 1. The van der Waals surface area contributed by atoms with E-state index in [9.17, 15) is 5.11 Å². The second-order valence-corrected chi connectivity index (χ2v) is 9.60. The Balaban J connectivity index is 1.65. The molecule has 32 heavy (non-hydrogen) atoms. The smallest absolute Gasteiger partial charge is 0.316 e. The van der Waals surface area contributed by atoms with Crippen LogP contribution in [0.4, 0.5) is 6.01 Å². The van der Waals surface area contributed by atoms with Gasteiger partial charge in [-0.15, -0.1) is 5.10 Å². The van der Waals surface area contributed by atoms with Crippen LogP contribution in [0.5, 0.6) is 5.75 Å². The molecule has 0 amide bonds.